The van der Waals surface area contributed by atoms with E-state index in [0.29, 0.717) is 13.1 Å². The van der Waals surface area contributed by atoms with Gasteiger partial charge in [-0.05, 0) is 32.0 Å². The SMILES string of the molecule is CC(C)N1C(=O)[C@H]2CN(C(=O)c3cccc(F)c3)CCN2C1=O. The Morgan fingerprint density at radius 1 is 1.26 bits per heavy atom. The Kier molecular flexibility index (Phi) is 3.79. The number of halogens is 1. The van der Waals surface area contributed by atoms with Gasteiger partial charge in [-0.1, -0.05) is 6.07 Å². The van der Waals surface area contributed by atoms with E-state index in [1.165, 1.54) is 32.9 Å². The number of fused-ring (bicyclic) bond motifs is 1. The Morgan fingerprint density at radius 2 is 2.00 bits per heavy atom. The zero-order chi connectivity index (χ0) is 16.7. The lowest BCUT2D eigenvalue weighted by molar-refractivity contribution is -0.130. The fourth-order valence-electron chi connectivity index (χ4n) is 3.08. The Balaban J connectivity index is 1.79. The van der Waals surface area contributed by atoms with Crippen molar-refractivity contribution in [1.82, 2.24) is 14.7 Å². The third-order valence-corrected chi connectivity index (χ3v) is 4.23. The van der Waals surface area contributed by atoms with Gasteiger partial charge in [0.05, 0.1) is 6.54 Å². The van der Waals surface area contributed by atoms with Crippen molar-refractivity contribution >= 4 is 17.8 Å². The van der Waals surface area contributed by atoms with Crippen molar-refractivity contribution in [1.29, 1.82) is 0 Å². The Morgan fingerprint density at radius 3 is 2.65 bits per heavy atom. The van der Waals surface area contributed by atoms with Crippen LogP contribution in [0.2, 0.25) is 0 Å². The van der Waals surface area contributed by atoms with Gasteiger partial charge in [-0.2, -0.15) is 0 Å². The molecule has 0 spiro atoms. The number of hydrogen-bond acceptors (Lipinski definition) is 3. The average molecular weight is 319 g/mol. The molecule has 3 rings (SSSR count). The molecule has 122 valence electrons. The van der Waals surface area contributed by atoms with Crippen LogP contribution >= 0.6 is 0 Å². The average Bonchev–Trinajstić information content (AvgIpc) is 2.77. The number of benzene rings is 1. The van der Waals surface area contributed by atoms with Gasteiger partial charge in [0.2, 0.25) is 0 Å². The Labute approximate surface area is 133 Å². The quantitative estimate of drug-likeness (QED) is 0.773. The van der Waals surface area contributed by atoms with Crippen LogP contribution in [-0.4, -0.2) is 64.3 Å². The molecule has 2 aliphatic heterocycles. The molecule has 0 N–H and O–H groups in total. The Hall–Kier alpha value is -2.44. The molecule has 1 aromatic rings. The number of carbonyl (C=O) groups excluding carboxylic acids is 3. The van der Waals surface area contributed by atoms with E-state index in [-0.39, 0.29) is 36.0 Å². The number of urea groups is 1. The molecule has 0 aromatic heterocycles. The van der Waals surface area contributed by atoms with Crippen molar-refractivity contribution in [3.05, 3.63) is 35.6 Å². The summed E-state index contributed by atoms with van der Waals surface area (Å²) in [5.74, 6) is -1.08. The molecule has 7 heteroatoms. The van der Waals surface area contributed by atoms with Crippen LogP contribution in [0.4, 0.5) is 9.18 Å². The van der Waals surface area contributed by atoms with Gasteiger partial charge in [0.25, 0.3) is 11.8 Å². The summed E-state index contributed by atoms with van der Waals surface area (Å²) in [5, 5.41) is 0. The third-order valence-electron chi connectivity index (χ3n) is 4.23. The van der Waals surface area contributed by atoms with Crippen LogP contribution in [0.15, 0.2) is 24.3 Å². The molecule has 0 aliphatic carbocycles. The molecule has 1 aromatic carbocycles. The van der Waals surface area contributed by atoms with Crippen LogP contribution in [0, 0.1) is 5.82 Å². The number of amides is 4. The molecule has 1 atom stereocenters. The second-order valence-electron chi connectivity index (χ2n) is 6.06. The van der Waals surface area contributed by atoms with Gasteiger partial charge in [0, 0.05) is 24.7 Å². The van der Waals surface area contributed by atoms with Crippen molar-refractivity contribution < 1.29 is 18.8 Å². The molecule has 4 amide bonds. The van der Waals surface area contributed by atoms with E-state index in [1.54, 1.807) is 19.9 Å². The number of piperazine rings is 1. The second-order valence-corrected chi connectivity index (χ2v) is 6.06. The van der Waals surface area contributed by atoms with Crippen molar-refractivity contribution in [2.75, 3.05) is 19.6 Å². The molecular weight excluding hydrogens is 301 g/mol. The van der Waals surface area contributed by atoms with E-state index >= 15 is 0 Å². The molecule has 23 heavy (non-hydrogen) atoms. The van der Waals surface area contributed by atoms with Gasteiger partial charge >= 0.3 is 6.03 Å². The van der Waals surface area contributed by atoms with Gasteiger partial charge in [-0.3, -0.25) is 14.5 Å². The maximum absolute atomic E-state index is 13.3. The minimum atomic E-state index is -0.642. The normalized spacial score (nSPS) is 21.2. The minimum absolute atomic E-state index is 0.142. The van der Waals surface area contributed by atoms with Crippen molar-refractivity contribution in [3.8, 4) is 0 Å². The van der Waals surface area contributed by atoms with Crippen molar-refractivity contribution in [2.24, 2.45) is 0 Å². The summed E-state index contributed by atoms with van der Waals surface area (Å²) >= 11 is 0. The molecule has 6 nitrogen and oxygen atoms in total. The van der Waals surface area contributed by atoms with Crippen LogP contribution in [0.5, 0.6) is 0 Å². The largest absolute Gasteiger partial charge is 0.334 e. The van der Waals surface area contributed by atoms with E-state index < -0.39 is 11.9 Å². The topological polar surface area (TPSA) is 60.9 Å². The molecule has 2 heterocycles. The van der Waals surface area contributed by atoms with E-state index in [9.17, 15) is 18.8 Å². The maximum Gasteiger partial charge on any atom is 0.327 e. The van der Waals surface area contributed by atoms with E-state index in [0.717, 1.165) is 0 Å². The molecule has 2 saturated heterocycles. The number of hydrogen-bond donors (Lipinski definition) is 0. The van der Waals surface area contributed by atoms with Crippen LogP contribution < -0.4 is 0 Å². The van der Waals surface area contributed by atoms with Gasteiger partial charge < -0.3 is 9.80 Å². The lowest BCUT2D eigenvalue weighted by atomic mass is 10.1. The van der Waals surface area contributed by atoms with Crippen LogP contribution in [-0.2, 0) is 4.79 Å². The number of carbonyl (C=O) groups is 3. The van der Waals surface area contributed by atoms with Gasteiger partial charge in [0.15, 0.2) is 0 Å². The summed E-state index contributed by atoms with van der Waals surface area (Å²) in [6.07, 6.45) is 0. The molecule has 0 saturated carbocycles. The molecule has 2 fully saturated rings. The monoisotopic (exact) mass is 319 g/mol. The standard InChI is InChI=1S/C16H18FN3O3/c1-10(2)20-15(22)13-9-18(6-7-19(13)16(20)23)14(21)11-4-3-5-12(17)8-11/h3-5,8,10,13H,6-7,9H2,1-2H3/t13-/m1/s1. The number of rotatable bonds is 2. The highest BCUT2D eigenvalue weighted by atomic mass is 19.1. The van der Waals surface area contributed by atoms with Crippen molar-refractivity contribution in [2.45, 2.75) is 25.9 Å². The molecule has 0 radical (unpaired) electrons. The van der Waals surface area contributed by atoms with Crippen LogP contribution in [0.25, 0.3) is 0 Å². The summed E-state index contributed by atoms with van der Waals surface area (Å²) < 4.78 is 13.3. The summed E-state index contributed by atoms with van der Waals surface area (Å²) in [6, 6.07) is 4.31. The molecule has 2 aliphatic rings. The highest BCUT2D eigenvalue weighted by Crippen LogP contribution is 2.24. The van der Waals surface area contributed by atoms with E-state index in [2.05, 4.69) is 0 Å². The highest BCUT2D eigenvalue weighted by Gasteiger charge is 2.49. The number of nitrogens with zero attached hydrogens (tertiary/aromatic N) is 3. The maximum atomic E-state index is 13.3. The summed E-state index contributed by atoms with van der Waals surface area (Å²) in [6.45, 7) is 4.34. The summed E-state index contributed by atoms with van der Waals surface area (Å²) in [5.41, 5.74) is 0.246. The summed E-state index contributed by atoms with van der Waals surface area (Å²) in [7, 11) is 0. The molecular formula is C16H18FN3O3. The van der Waals surface area contributed by atoms with Crippen LogP contribution in [0.3, 0.4) is 0 Å². The summed E-state index contributed by atoms with van der Waals surface area (Å²) in [4.78, 5) is 41.4. The van der Waals surface area contributed by atoms with Gasteiger partial charge in [0.1, 0.15) is 11.9 Å². The van der Waals surface area contributed by atoms with Gasteiger partial charge in [-0.15, -0.1) is 0 Å². The number of imide groups is 1. The fraction of sp³-hybridized carbons (Fsp3) is 0.438. The van der Waals surface area contributed by atoms with E-state index in [4.69, 9.17) is 0 Å². The molecule has 0 bridgehead atoms. The van der Waals surface area contributed by atoms with Crippen LogP contribution in [0.1, 0.15) is 24.2 Å². The zero-order valence-corrected chi connectivity index (χ0v) is 13.0. The first kappa shape index (κ1) is 15.5. The zero-order valence-electron chi connectivity index (χ0n) is 13.0. The minimum Gasteiger partial charge on any atom is -0.334 e. The first-order valence-corrected chi connectivity index (χ1v) is 7.58. The smallest absolute Gasteiger partial charge is 0.327 e. The fourth-order valence-corrected chi connectivity index (χ4v) is 3.08. The van der Waals surface area contributed by atoms with Crippen molar-refractivity contribution in [3.63, 3.8) is 0 Å². The predicted octanol–water partition coefficient (Wildman–Crippen LogP) is 1.32. The Bertz CT molecular complexity index is 676. The first-order chi connectivity index (χ1) is 10.9. The molecule has 0 unspecified atom stereocenters. The highest BCUT2D eigenvalue weighted by molar-refractivity contribution is 6.05. The second kappa shape index (κ2) is 5.64. The third kappa shape index (κ3) is 2.56. The first-order valence-electron chi connectivity index (χ1n) is 7.58. The lowest BCUT2D eigenvalue weighted by Gasteiger charge is -2.35. The lowest BCUT2D eigenvalue weighted by Crippen LogP contribution is -2.54. The van der Waals surface area contributed by atoms with Gasteiger partial charge in [-0.25, -0.2) is 9.18 Å². The van der Waals surface area contributed by atoms with E-state index in [1.807, 2.05) is 0 Å². The predicted molar refractivity (Wildman–Crippen MR) is 80.2 cm³/mol.